The van der Waals surface area contributed by atoms with Crippen molar-refractivity contribution in [1.29, 1.82) is 0 Å². The minimum Gasteiger partial charge on any atom is -0.481 e. The summed E-state index contributed by atoms with van der Waals surface area (Å²) in [6.45, 7) is 9.91. The first-order valence-electron chi connectivity index (χ1n) is 39.5. The number of ketones is 3. The van der Waals surface area contributed by atoms with Crippen LogP contribution in [0.3, 0.4) is 0 Å². The molecule has 8 amide bonds. The van der Waals surface area contributed by atoms with Gasteiger partial charge in [0.05, 0.1) is 0 Å². The van der Waals surface area contributed by atoms with Crippen molar-refractivity contribution >= 4 is 124 Å². The van der Waals surface area contributed by atoms with Crippen molar-refractivity contribution < 1.29 is 163 Å². The van der Waals surface area contributed by atoms with Crippen LogP contribution in [0.1, 0.15) is 212 Å². The van der Waals surface area contributed by atoms with E-state index in [4.69, 9.17) is 61.9 Å². The summed E-state index contributed by atoms with van der Waals surface area (Å²) < 4.78 is 66.2. The van der Waals surface area contributed by atoms with E-state index in [0.29, 0.717) is 19.3 Å². The first-order valence-corrected chi connectivity index (χ1v) is 39.5. The number of ether oxygens (including phenoxy) is 12. The fraction of sp³-hybridized carbons (Fsp3) is 0.727. The molecular formula is C77H116N8O34. The van der Waals surface area contributed by atoms with Crippen LogP contribution < -0.4 is 37.2 Å². The summed E-state index contributed by atoms with van der Waals surface area (Å²) in [6.07, 6.45) is -16.2. The minimum atomic E-state index is -1.65. The molecule has 0 spiro atoms. The third-order valence-electron chi connectivity index (χ3n) is 18.5. The second-order valence-electron chi connectivity index (χ2n) is 28.8. The molecule has 668 valence electrons. The average molecular weight is 1700 g/mol. The van der Waals surface area contributed by atoms with Crippen LogP contribution >= 0.6 is 0 Å². The first kappa shape index (κ1) is 103. The third kappa shape index (κ3) is 39.6. The summed E-state index contributed by atoms with van der Waals surface area (Å²) in [5.74, 6) is -16.4. The molecule has 16 atom stereocenters. The van der Waals surface area contributed by atoms with E-state index >= 15 is 0 Å². The van der Waals surface area contributed by atoms with Crippen LogP contribution in [-0.4, -0.2) is 284 Å². The third-order valence-corrected chi connectivity index (χ3v) is 18.5. The van der Waals surface area contributed by atoms with Gasteiger partial charge in [0, 0.05) is 167 Å². The molecule has 3 aliphatic rings. The van der Waals surface area contributed by atoms with Crippen LogP contribution in [0.4, 0.5) is 0 Å². The van der Waals surface area contributed by atoms with E-state index in [1.54, 1.807) is 0 Å². The van der Waals surface area contributed by atoms with Crippen molar-refractivity contribution in [2.24, 2.45) is 0 Å². The van der Waals surface area contributed by atoms with E-state index in [1.807, 2.05) is 0 Å². The van der Waals surface area contributed by atoms with E-state index in [9.17, 15) is 101 Å². The molecule has 0 radical (unpaired) electrons. The highest BCUT2D eigenvalue weighted by Gasteiger charge is 2.56. The summed E-state index contributed by atoms with van der Waals surface area (Å²) in [5.41, 5.74) is 0. The first-order chi connectivity index (χ1) is 56.1. The molecule has 0 aromatic carbocycles. The van der Waals surface area contributed by atoms with E-state index in [0.717, 1.165) is 115 Å². The molecule has 3 fully saturated rings. The predicted octanol–water partition coefficient (Wildman–Crippen LogP) is -0.662. The maximum Gasteiger partial charge on any atom is 0.303 e. The molecule has 8 N–H and O–H groups in total. The molecule has 3 heterocycles. The second-order valence-corrected chi connectivity index (χ2v) is 28.8. The standard InChI is InChI=1S/C77H116N8O34/c1-41(86)81-65-68(117-57(38-108-44(4)89)71(111-47(7)92)74(65)114-50(10)95)54(98)24-21-27-60(101)78-34-36-85(37-35-79-61(102)28-22-25-55(99)69-66(82-42(2)87)75(115-51(11)96)72(112-48(8)93)58(118-69)39-109-45(5)90)63(104)32-31-53(77(107)80-33-20-18-16-14-13-15-17-19-30-64(105)106)84-62(103)29-23-26-56(100)70-67(83-43(3)88)76(116-52(12)97)73(113-49(9)94)59(119-70)40-110-46(6)91/h53,57-59,65-76H,13-40H2,1-12H3,(H,78,101)(H,79,102)(H,80,107)(H,81,86)(H,82,87)(H,83,88)(H,84,103)(H,105,106)/t53-,57?,58?,59?,65?,66?,67?,68?,69?,70?,71?,72?,73?,74?,75?,76?/m0/s1. The zero-order valence-electron chi connectivity index (χ0n) is 69.4. The number of unbranched alkanes of at least 4 members (excludes halogenated alkanes) is 7. The van der Waals surface area contributed by atoms with E-state index < -0.39 is 274 Å². The molecular weight excluding hydrogens is 1580 g/mol. The second kappa shape index (κ2) is 53.7. The molecule has 15 unspecified atom stereocenters. The SMILES string of the molecule is CC(=O)NC1C(C(=O)CCCC(=O)NCCN(CCNC(=O)CCCC(=O)C2OC(COC(C)=O)C(OC(C)=O)C(OC(C)=O)C2NC(C)=O)C(=O)CC[C@H](NC(=O)CCCC(=O)C2OC(COC(C)=O)C(OC(C)=O)C(OC(C)=O)C2NC(C)=O)C(=O)NCCCCCCCCCCC(=O)O)OC(COC(C)=O)C(OC(C)=O)C1OC(C)=O. The van der Waals surface area contributed by atoms with Crippen LogP contribution in [0.25, 0.3) is 0 Å². The van der Waals surface area contributed by atoms with Crippen molar-refractivity contribution in [2.45, 2.75) is 309 Å². The van der Waals surface area contributed by atoms with Crippen LogP contribution in [0, 0.1) is 0 Å². The summed E-state index contributed by atoms with van der Waals surface area (Å²) in [5, 5.41) is 27.2. The zero-order chi connectivity index (χ0) is 89.2. The molecule has 0 aromatic heterocycles. The van der Waals surface area contributed by atoms with Gasteiger partial charge in [-0.3, -0.25) is 101 Å². The van der Waals surface area contributed by atoms with Crippen molar-refractivity contribution in [3.8, 4) is 0 Å². The number of nitrogens with zero attached hydrogens (tertiary/aromatic N) is 1. The Labute approximate surface area is 688 Å². The fourth-order valence-corrected chi connectivity index (χ4v) is 13.5. The van der Waals surface area contributed by atoms with Crippen LogP contribution in [0.5, 0.6) is 0 Å². The molecule has 3 aliphatic heterocycles. The largest absolute Gasteiger partial charge is 0.481 e. The molecule has 42 nitrogen and oxygen atoms in total. The van der Waals surface area contributed by atoms with Crippen LogP contribution in [0.2, 0.25) is 0 Å². The van der Waals surface area contributed by atoms with Gasteiger partial charge in [-0.15, -0.1) is 0 Å². The van der Waals surface area contributed by atoms with E-state index in [2.05, 4.69) is 37.2 Å². The highest BCUT2D eigenvalue weighted by molar-refractivity contribution is 5.91. The highest BCUT2D eigenvalue weighted by Crippen LogP contribution is 2.33. The number of nitrogens with one attached hydrogen (secondary N) is 7. The Hall–Kier alpha value is -10.6. The molecule has 42 heteroatoms. The van der Waals surface area contributed by atoms with Gasteiger partial charge in [-0.2, -0.15) is 0 Å². The number of rotatable bonds is 52. The van der Waals surface area contributed by atoms with Gasteiger partial charge in [0.25, 0.3) is 0 Å². The van der Waals surface area contributed by atoms with Crippen molar-refractivity contribution in [3.63, 3.8) is 0 Å². The maximum atomic E-state index is 14.6. The Kier molecular flexibility index (Phi) is 46.3. The Morgan fingerprint density at radius 1 is 0.328 bits per heavy atom. The van der Waals surface area contributed by atoms with Crippen molar-refractivity contribution in [2.75, 3.05) is 52.5 Å². The van der Waals surface area contributed by atoms with E-state index in [1.165, 1.54) is 4.90 Å². The number of esters is 9. The van der Waals surface area contributed by atoms with Crippen LogP contribution in [-0.2, 0) is 158 Å². The van der Waals surface area contributed by atoms with Gasteiger partial charge in [-0.25, -0.2) is 0 Å². The molecule has 119 heavy (non-hydrogen) atoms. The number of Topliss-reactive ketones (excluding diaryl/α,β-unsaturated/α-hetero) is 3. The van der Waals surface area contributed by atoms with Gasteiger partial charge >= 0.3 is 59.7 Å². The van der Waals surface area contributed by atoms with Gasteiger partial charge in [0.15, 0.2) is 54.0 Å². The fourth-order valence-electron chi connectivity index (χ4n) is 13.5. The zero-order valence-corrected chi connectivity index (χ0v) is 69.4. The molecule has 3 rings (SSSR count). The quantitative estimate of drug-likeness (QED) is 0.0213. The molecule has 0 aliphatic carbocycles. The number of carbonyl (C=O) groups is 21. The predicted molar refractivity (Wildman–Crippen MR) is 405 cm³/mol. The number of hydrogen-bond donors (Lipinski definition) is 8. The molecule has 0 aromatic rings. The summed E-state index contributed by atoms with van der Waals surface area (Å²) >= 11 is 0. The molecule has 3 saturated heterocycles. The lowest BCUT2D eigenvalue weighted by atomic mass is 9.88. The van der Waals surface area contributed by atoms with Gasteiger partial charge in [0.1, 0.15) is 80.6 Å². The van der Waals surface area contributed by atoms with Gasteiger partial charge < -0.3 is 104 Å². The lowest BCUT2D eigenvalue weighted by molar-refractivity contribution is -0.222. The Balaban J connectivity index is 1.95. The maximum absolute atomic E-state index is 14.6. The number of carboxylic acids is 1. The summed E-state index contributed by atoms with van der Waals surface area (Å²) in [4.78, 5) is 272. The lowest BCUT2D eigenvalue weighted by Gasteiger charge is -2.44. The molecule has 0 bridgehead atoms. The number of carboxylic acid groups (broad SMARTS) is 1. The van der Waals surface area contributed by atoms with Crippen LogP contribution in [0.15, 0.2) is 0 Å². The van der Waals surface area contributed by atoms with Crippen molar-refractivity contribution in [1.82, 2.24) is 42.1 Å². The Morgan fingerprint density at radius 3 is 0.933 bits per heavy atom. The average Bonchev–Trinajstić information content (AvgIpc) is 0.790. The Morgan fingerprint density at radius 2 is 0.630 bits per heavy atom. The van der Waals surface area contributed by atoms with Gasteiger partial charge in [-0.1, -0.05) is 38.5 Å². The number of carbonyl (C=O) groups excluding carboxylic acids is 20. The number of amides is 8. The monoisotopic (exact) mass is 1700 g/mol. The van der Waals surface area contributed by atoms with Crippen molar-refractivity contribution in [3.05, 3.63) is 0 Å². The number of hydrogen-bond acceptors (Lipinski definition) is 33. The lowest BCUT2D eigenvalue weighted by Crippen LogP contribution is -2.67. The van der Waals surface area contributed by atoms with E-state index in [-0.39, 0.29) is 77.7 Å². The smallest absolute Gasteiger partial charge is 0.303 e. The minimum absolute atomic E-state index is 0.0734. The molecule has 0 saturated carbocycles. The normalized spacial score (nSPS) is 22.6. The summed E-state index contributed by atoms with van der Waals surface area (Å²) in [7, 11) is 0. The summed E-state index contributed by atoms with van der Waals surface area (Å²) in [6, 6.07) is -5.83. The van der Waals surface area contributed by atoms with Gasteiger partial charge in [0.2, 0.25) is 47.3 Å². The topological polar surface area (TPSA) is 577 Å². The Bertz CT molecular complexity index is 3430. The van der Waals surface area contributed by atoms with Gasteiger partial charge in [-0.05, 0) is 38.5 Å². The highest BCUT2D eigenvalue weighted by atomic mass is 16.7. The number of aliphatic carboxylic acids is 1.